The minimum absolute atomic E-state index is 0.0612. The van der Waals surface area contributed by atoms with Gasteiger partial charge in [0.2, 0.25) is 0 Å². The Hall–Kier alpha value is -1.62. The smallest absolute Gasteiger partial charge is 0.263 e. The number of hydrogen-bond donors (Lipinski definition) is 1. The van der Waals surface area contributed by atoms with Crippen molar-refractivity contribution in [3.63, 3.8) is 0 Å². The Morgan fingerprint density at radius 2 is 2.05 bits per heavy atom. The molecule has 0 aliphatic carbocycles. The summed E-state index contributed by atoms with van der Waals surface area (Å²) in [6, 6.07) is 6.34. The topological polar surface area (TPSA) is 55.6 Å². The van der Waals surface area contributed by atoms with Gasteiger partial charge in [0, 0.05) is 19.1 Å². The first-order chi connectivity index (χ1) is 10.5. The summed E-state index contributed by atoms with van der Waals surface area (Å²) >= 11 is 0. The van der Waals surface area contributed by atoms with Crippen LogP contribution in [0.4, 0.5) is 4.39 Å². The van der Waals surface area contributed by atoms with Gasteiger partial charge in [-0.3, -0.25) is 4.79 Å². The third-order valence-corrected chi connectivity index (χ3v) is 4.35. The highest BCUT2D eigenvalue weighted by Gasteiger charge is 2.30. The SMILES string of the molecule is CCC(Oc1ccccc1F)C(=O)N1CCC(C(C)N)CC1. The molecule has 2 unspecified atom stereocenters. The molecule has 5 heteroatoms. The van der Waals surface area contributed by atoms with Crippen LogP contribution in [0.15, 0.2) is 24.3 Å². The van der Waals surface area contributed by atoms with Crippen LogP contribution in [0.25, 0.3) is 0 Å². The van der Waals surface area contributed by atoms with Crippen LogP contribution in [0, 0.1) is 11.7 Å². The highest BCUT2D eigenvalue weighted by atomic mass is 19.1. The third kappa shape index (κ3) is 3.97. The van der Waals surface area contributed by atoms with Crippen LogP contribution in [0.2, 0.25) is 0 Å². The minimum atomic E-state index is -0.635. The lowest BCUT2D eigenvalue weighted by atomic mass is 9.91. The summed E-state index contributed by atoms with van der Waals surface area (Å²) in [6.45, 7) is 5.28. The second-order valence-corrected chi connectivity index (χ2v) is 5.97. The summed E-state index contributed by atoms with van der Waals surface area (Å²) in [5.74, 6) is 0.100. The number of para-hydroxylation sites is 1. The van der Waals surface area contributed by atoms with E-state index in [2.05, 4.69) is 0 Å². The lowest BCUT2D eigenvalue weighted by Crippen LogP contribution is -2.47. The van der Waals surface area contributed by atoms with Crippen LogP contribution in [-0.2, 0) is 4.79 Å². The molecule has 1 fully saturated rings. The van der Waals surface area contributed by atoms with Crippen LogP contribution in [0.1, 0.15) is 33.1 Å². The highest BCUT2D eigenvalue weighted by Crippen LogP contribution is 2.23. The molecule has 1 aliphatic heterocycles. The standard InChI is InChI=1S/C17H25FN2O2/c1-3-15(22-16-7-5-4-6-14(16)18)17(21)20-10-8-13(9-11-20)12(2)19/h4-7,12-13,15H,3,8-11,19H2,1-2H3. The molecule has 1 aromatic rings. The molecule has 0 radical (unpaired) electrons. The number of nitrogens with two attached hydrogens (primary N) is 1. The Balaban J connectivity index is 1.97. The van der Waals surface area contributed by atoms with Gasteiger partial charge < -0.3 is 15.4 Å². The van der Waals surface area contributed by atoms with E-state index in [1.165, 1.54) is 6.07 Å². The minimum Gasteiger partial charge on any atom is -0.478 e. The molecule has 0 aromatic heterocycles. The number of ether oxygens (including phenoxy) is 1. The fourth-order valence-corrected chi connectivity index (χ4v) is 2.85. The van der Waals surface area contributed by atoms with E-state index in [9.17, 15) is 9.18 Å². The van der Waals surface area contributed by atoms with Crippen molar-refractivity contribution in [2.45, 2.75) is 45.3 Å². The van der Waals surface area contributed by atoms with E-state index >= 15 is 0 Å². The van der Waals surface area contributed by atoms with E-state index < -0.39 is 11.9 Å². The van der Waals surface area contributed by atoms with Gasteiger partial charge in [-0.25, -0.2) is 4.39 Å². The van der Waals surface area contributed by atoms with Crippen LogP contribution < -0.4 is 10.5 Å². The molecule has 2 atom stereocenters. The molecule has 1 heterocycles. The predicted octanol–water partition coefficient (Wildman–Crippen LogP) is 2.57. The molecule has 1 aliphatic rings. The number of carbonyl (C=O) groups excluding carboxylic acids is 1. The molecule has 2 N–H and O–H groups in total. The molecule has 0 bridgehead atoms. The number of likely N-dealkylation sites (tertiary alicyclic amines) is 1. The molecule has 0 saturated carbocycles. The number of benzene rings is 1. The Morgan fingerprint density at radius 3 is 2.59 bits per heavy atom. The molecule has 122 valence electrons. The number of piperidine rings is 1. The normalized spacial score (nSPS) is 18.8. The van der Waals surface area contributed by atoms with Crippen LogP contribution in [-0.4, -0.2) is 36.0 Å². The summed E-state index contributed by atoms with van der Waals surface area (Å²) in [4.78, 5) is 14.4. The van der Waals surface area contributed by atoms with E-state index in [1.807, 2.05) is 18.7 Å². The second kappa shape index (κ2) is 7.58. The Kier molecular flexibility index (Phi) is 5.77. The molecular formula is C17H25FN2O2. The summed E-state index contributed by atoms with van der Waals surface area (Å²) in [6.07, 6.45) is 1.71. The molecule has 4 nitrogen and oxygen atoms in total. The molecular weight excluding hydrogens is 283 g/mol. The molecule has 0 spiro atoms. The Morgan fingerprint density at radius 1 is 1.41 bits per heavy atom. The van der Waals surface area contributed by atoms with Gasteiger partial charge >= 0.3 is 0 Å². The average Bonchev–Trinajstić information content (AvgIpc) is 2.53. The van der Waals surface area contributed by atoms with E-state index in [0.717, 1.165) is 12.8 Å². The maximum Gasteiger partial charge on any atom is 0.263 e. The first-order valence-corrected chi connectivity index (χ1v) is 7.98. The van der Waals surface area contributed by atoms with E-state index in [4.69, 9.17) is 10.5 Å². The van der Waals surface area contributed by atoms with Crippen molar-refractivity contribution in [2.75, 3.05) is 13.1 Å². The van der Waals surface area contributed by atoms with Gasteiger partial charge in [-0.2, -0.15) is 0 Å². The summed E-state index contributed by atoms with van der Waals surface area (Å²) in [7, 11) is 0. The number of amides is 1. The predicted molar refractivity (Wildman–Crippen MR) is 84.1 cm³/mol. The van der Waals surface area contributed by atoms with Crippen molar-refractivity contribution in [1.82, 2.24) is 4.90 Å². The largest absolute Gasteiger partial charge is 0.478 e. The number of nitrogens with zero attached hydrogens (tertiary/aromatic N) is 1. The van der Waals surface area contributed by atoms with Crippen molar-refractivity contribution in [2.24, 2.45) is 11.7 Å². The van der Waals surface area contributed by atoms with Gasteiger partial charge in [0.1, 0.15) is 0 Å². The van der Waals surface area contributed by atoms with Crippen molar-refractivity contribution in [3.05, 3.63) is 30.1 Å². The van der Waals surface area contributed by atoms with Crippen molar-refractivity contribution in [3.8, 4) is 5.75 Å². The third-order valence-electron chi connectivity index (χ3n) is 4.35. The summed E-state index contributed by atoms with van der Waals surface area (Å²) < 4.78 is 19.3. The fourth-order valence-electron chi connectivity index (χ4n) is 2.85. The molecule has 2 rings (SSSR count). The van der Waals surface area contributed by atoms with Crippen LogP contribution in [0.3, 0.4) is 0 Å². The summed E-state index contributed by atoms with van der Waals surface area (Å²) in [5.41, 5.74) is 5.92. The van der Waals surface area contributed by atoms with E-state index in [-0.39, 0.29) is 17.7 Å². The average molecular weight is 308 g/mol. The molecule has 1 saturated heterocycles. The highest BCUT2D eigenvalue weighted by molar-refractivity contribution is 5.81. The fraction of sp³-hybridized carbons (Fsp3) is 0.588. The zero-order chi connectivity index (χ0) is 16.1. The number of hydrogen-bond acceptors (Lipinski definition) is 3. The van der Waals surface area contributed by atoms with Crippen molar-refractivity contribution in [1.29, 1.82) is 0 Å². The van der Waals surface area contributed by atoms with Gasteiger partial charge in [-0.1, -0.05) is 19.1 Å². The lowest BCUT2D eigenvalue weighted by Gasteiger charge is -2.35. The monoisotopic (exact) mass is 308 g/mol. The van der Waals surface area contributed by atoms with Gasteiger partial charge in [0.15, 0.2) is 17.7 Å². The molecule has 1 aromatic carbocycles. The first kappa shape index (κ1) is 16.7. The van der Waals surface area contributed by atoms with E-state index in [0.29, 0.717) is 25.4 Å². The summed E-state index contributed by atoms with van der Waals surface area (Å²) in [5, 5.41) is 0. The van der Waals surface area contributed by atoms with Crippen LogP contribution >= 0.6 is 0 Å². The van der Waals surface area contributed by atoms with Gasteiger partial charge in [0.05, 0.1) is 0 Å². The Bertz CT molecular complexity index is 499. The quantitative estimate of drug-likeness (QED) is 0.909. The number of carbonyl (C=O) groups is 1. The second-order valence-electron chi connectivity index (χ2n) is 5.97. The van der Waals surface area contributed by atoms with E-state index in [1.54, 1.807) is 18.2 Å². The maximum atomic E-state index is 13.7. The van der Waals surface area contributed by atoms with Crippen LogP contribution in [0.5, 0.6) is 5.75 Å². The Labute approximate surface area is 131 Å². The molecule has 1 amide bonds. The lowest BCUT2D eigenvalue weighted by molar-refractivity contribution is -0.140. The van der Waals surface area contributed by atoms with Gasteiger partial charge in [0.25, 0.3) is 5.91 Å². The van der Waals surface area contributed by atoms with Crippen molar-refractivity contribution >= 4 is 5.91 Å². The van der Waals surface area contributed by atoms with Crippen molar-refractivity contribution < 1.29 is 13.9 Å². The zero-order valence-electron chi connectivity index (χ0n) is 13.3. The maximum absolute atomic E-state index is 13.7. The van der Waals surface area contributed by atoms with Gasteiger partial charge in [-0.15, -0.1) is 0 Å². The molecule has 22 heavy (non-hydrogen) atoms. The number of rotatable bonds is 5. The number of halogens is 1. The van der Waals surface area contributed by atoms with Gasteiger partial charge in [-0.05, 0) is 44.2 Å². The first-order valence-electron chi connectivity index (χ1n) is 7.98. The zero-order valence-corrected chi connectivity index (χ0v) is 13.3.